The van der Waals surface area contributed by atoms with Crippen LogP contribution in [-0.2, 0) is 0 Å². The highest BCUT2D eigenvalue weighted by Gasteiger charge is 2.17. The third-order valence-corrected chi connectivity index (χ3v) is 4.25. The highest BCUT2D eigenvalue weighted by atomic mass is 15.1. The minimum Gasteiger partial charge on any atom is -0.281 e. The summed E-state index contributed by atoms with van der Waals surface area (Å²) in [5, 5.41) is 9.08. The van der Waals surface area contributed by atoms with E-state index in [0.717, 1.165) is 5.52 Å². The molecule has 0 saturated heterocycles. The standard InChI is InChI=1S/C16H22N2/c1-2-4-6-10-13(9-5-3-1)16-14-11-7-8-12-15(14)17-18-16/h7-8,11-13H,1-6,9-10H2,(H,17,18). The van der Waals surface area contributed by atoms with Gasteiger partial charge in [0.15, 0.2) is 0 Å². The zero-order valence-corrected chi connectivity index (χ0v) is 11.0. The van der Waals surface area contributed by atoms with Gasteiger partial charge in [0, 0.05) is 17.0 Å². The van der Waals surface area contributed by atoms with E-state index in [1.165, 1.54) is 62.4 Å². The van der Waals surface area contributed by atoms with Crippen LogP contribution in [0.4, 0.5) is 0 Å². The van der Waals surface area contributed by atoms with E-state index in [1.54, 1.807) is 0 Å². The first-order chi connectivity index (χ1) is 8.95. The summed E-state index contributed by atoms with van der Waals surface area (Å²) in [6.07, 6.45) is 11.1. The van der Waals surface area contributed by atoms with Gasteiger partial charge in [0.05, 0.1) is 5.52 Å². The molecule has 1 aliphatic carbocycles. The molecule has 1 heterocycles. The number of para-hydroxylation sites is 1. The maximum absolute atomic E-state index is 4.45. The van der Waals surface area contributed by atoms with Crippen molar-refractivity contribution < 1.29 is 0 Å². The Labute approximate surface area is 109 Å². The van der Waals surface area contributed by atoms with Crippen LogP contribution in [0.3, 0.4) is 0 Å². The van der Waals surface area contributed by atoms with Crippen molar-refractivity contribution in [3.05, 3.63) is 30.0 Å². The molecular formula is C16H22N2. The van der Waals surface area contributed by atoms with E-state index in [1.807, 2.05) is 0 Å². The minimum atomic E-state index is 0.690. The SMILES string of the molecule is c1ccc2c(C3CCCCCCCC3)[nH]nc2c1. The predicted octanol–water partition coefficient (Wildman–Crippen LogP) is 4.78. The molecule has 0 atom stereocenters. The number of rotatable bonds is 1. The molecule has 0 radical (unpaired) electrons. The number of benzene rings is 1. The fourth-order valence-electron chi connectivity index (χ4n) is 3.21. The Bertz CT molecular complexity index is 491. The summed E-state index contributed by atoms with van der Waals surface area (Å²) >= 11 is 0. The van der Waals surface area contributed by atoms with Crippen molar-refractivity contribution >= 4 is 10.9 Å². The molecule has 0 unspecified atom stereocenters. The maximum atomic E-state index is 4.45. The summed E-state index contributed by atoms with van der Waals surface area (Å²) < 4.78 is 0. The smallest absolute Gasteiger partial charge is 0.0923 e. The van der Waals surface area contributed by atoms with E-state index in [0.29, 0.717) is 5.92 Å². The molecule has 2 aromatic rings. The lowest BCUT2D eigenvalue weighted by Crippen LogP contribution is -2.00. The minimum absolute atomic E-state index is 0.690. The fourth-order valence-corrected chi connectivity index (χ4v) is 3.21. The van der Waals surface area contributed by atoms with E-state index in [9.17, 15) is 0 Å². The molecule has 18 heavy (non-hydrogen) atoms. The second-order valence-corrected chi connectivity index (χ2v) is 5.55. The van der Waals surface area contributed by atoms with Crippen molar-refractivity contribution in [2.45, 2.75) is 57.3 Å². The number of aromatic nitrogens is 2. The van der Waals surface area contributed by atoms with Gasteiger partial charge < -0.3 is 0 Å². The first-order valence-corrected chi connectivity index (χ1v) is 7.38. The van der Waals surface area contributed by atoms with Gasteiger partial charge in [-0.2, -0.15) is 5.10 Å². The van der Waals surface area contributed by atoms with Gasteiger partial charge in [-0.1, -0.05) is 56.7 Å². The van der Waals surface area contributed by atoms with Crippen molar-refractivity contribution in [2.75, 3.05) is 0 Å². The summed E-state index contributed by atoms with van der Waals surface area (Å²) in [5.74, 6) is 0.690. The largest absolute Gasteiger partial charge is 0.281 e. The number of nitrogens with one attached hydrogen (secondary N) is 1. The number of H-pyrrole nitrogens is 1. The van der Waals surface area contributed by atoms with E-state index in [-0.39, 0.29) is 0 Å². The maximum Gasteiger partial charge on any atom is 0.0923 e. The Morgan fingerprint density at radius 2 is 1.56 bits per heavy atom. The van der Waals surface area contributed by atoms with Crippen LogP contribution in [0.15, 0.2) is 24.3 Å². The first kappa shape index (κ1) is 11.8. The first-order valence-electron chi connectivity index (χ1n) is 7.38. The van der Waals surface area contributed by atoms with E-state index < -0.39 is 0 Å². The van der Waals surface area contributed by atoms with E-state index >= 15 is 0 Å². The molecule has 96 valence electrons. The Morgan fingerprint density at radius 1 is 0.889 bits per heavy atom. The van der Waals surface area contributed by atoms with Gasteiger partial charge in [0.2, 0.25) is 0 Å². The molecule has 1 fully saturated rings. The quantitative estimate of drug-likeness (QED) is 0.766. The van der Waals surface area contributed by atoms with Gasteiger partial charge in [-0.15, -0.1) is 0 Å². The van der Waals surface area contributed by atoms with Crippen LogP contribution in [0.1, 0.15) is 63.0 Å². The van der Waals surface area contributed by atoms with Crippen LogP contribution in [0.5, 0.6) is 0 Å². The molecule has 2 heteroatoms. The lowest BCUT2D eigenvalue weighted by Gasteiger charge is -2.14. The van der Waals surface area contributed by atoms with Crippen molar-refractivity contribution in [1.82, 2.24) is 10.2 Å². The molecule has 1 saturated carbocycles. The van der Waals surface area contributed by atoms with Crippen LogP contribution >= 0.6 is 0 Å². The summed E-state index contributed by atoms with van der Waals surface area (Å²) in [6, 6.07) is 8.50. The molecular weight excluding hydrogens is 220 g/mol. The normalized spacial score (nSPS) is 19.3. The van der Waals surface area contributed by atoms with Crippen molar-refractivity contribution in [2.24, 2.45) is 0 Å². The molecule has 3 rings (SSSR count). The van der Waals surface area contributed by atoms with Gasteiger partial charge in [0.25, 0.3) is 0 Å². The van der Waals surface area contributed by atoms with Gasteiger partial charge in [-0.05, 0) is 18.9 Å². The highest BCUT2D eigenvalue weighted by molar-refractivity contribution is 5.81. The van der Waals surface area contributed by atoms with E-state index in [2.05, 4.69) is 34.5 Å². The summed E-state index contributed by atoms with van der Waals surface area (Å²) in [6.45, 7) is 0. The number of hydrogen-bond donors (Lipinski definition) is 1. The number of fused-ring (bicyclic) bond motifs is 1. The van der Waals surface area contributed by atoms with Gasteiger partial charge in [-0.25, -0.2) is 0 Å². The zero-order valence-electron chi connectivity index (χ0n) is 11.0. The Balaban J connectivity index is 1.86. The van der Waals surface area contributed by atoms with Gasteiger partial charge in [0.1, 0.15) is 0 Å². The van der Waals surface area contributed by atoms with Crippen molar-refractivity contribution in [3.8, 4) is 0 Å². The summed E-state index contributed by atoms with van der Waals surface area (Å²) in [4.78, 5) is 0. The molecule has 0 spiro atoms. The average Bonchev–Trinajstić information content (AvgIpc) is 2.87. The third-order valence-electron chi connectivity index (χ3n) is 4.25. The third kappa shape index (κ3) is 2.43. The average molecular weight is 242 g/mol. The molecule has 0 bridgehead atoms. The van der Waals surface area contributed by atoms with Gasteiger partial charge in [-0.3, -0.25) is 5.10 Å². The Hall–Kier alpha value is -1.31. The molecule has 1 aromatic carbocycles. The molecule has 1 aliphatic rings. The van der Waals surface area contributed by atoms with Crippen molar-refractivity contribution in [1.29, 1.82) is 0 Å². The van der Waals surface area contributed by atoms with Crippen LogP contribution in [0.25, 0.3) is 10.9 Å². The molecule has 0 aliphatic heterocycles. The monoisotopic (exact) mass is 242 g/mol. The van der Waals surface area contributed by atoms with Crippen LogP contribution < -0.4 is 0 Å². The van der Waals surface area contributed by atoms with E-state index in [4.69, 9.17) is 0 Å². The molecule has 0 amide bonds. The lowest BCUT2D eigenvalue weighted by molar-refractivity contribution is 0.530. The van der Waals surface area contributed by atoms with Gasteiger partial charge >= 0.3 is 0 Å². The molecule has 2 nitrogen and oxygen atoms in total. The molecule has 1 aromatic heterocycles. The van der Waals surface area contributed by atoms with Crippen LogP contribution in [0, 0.1) is 0 Å². The van der Waals surface area contributed by atoms with Crippen LogP contribution in [0.2, 0.25) is 0 Å². The van der Waals surface area contributed by atoms with Crippen LogP contribution in [-0.4, -0.2) is 10.2 Å². The Morgan fingerprint density at radius 3 is 2.33 bits per heavy atom. The number of hydrogen-bond acceptors (Lipinski definition) is 1. The fraction of sp³-hybridized carbons (Fsp3) is 0.562. The number of aromatic amines is 1. The molecule has 1 N–H and O–H groups in total. The second kappa shape index (κ2) is 5.55. The lowest BCUT2D eigenvalue weighted by atomic mass is 9.92. The number of nitrogens with zero attached hydrogens (tertiary/aromatic N) is 1. The Kier molecular flexibility index (Phi) is 3.63. The topological polar surface area (TPSA) is 28.7 Å². The predicted molar refractivity (Wildman–Crippen MR) is 75.8 cm³/mol. The second-order valence-electron chi connectivity index (χ2n) is 5.55. The highest BCUT2D eigenvalue weighted by Crippen LogP contribution is 2.32. The zero-order chi connectivity index (χ0) is 12.2. The summed E-state index contributed by atoms with van der Waals surface area (Å²) in [7, 11) is 0. The van der Waals surface area contributed by atoms with Crippen molar-refractivity contribution in [3.63, 3.8) is 0 Å². The summed E-state index contributed by atoms with van der Waals surface area (Å²) in [5.41, 5.74) is 2.50.